The molecule has 0 bridgehead atoms. The van der Waals surface area contributed by atoms with Crippen molar-refractivity contribution in [2.45, 2.75) is 6.04 Å². The molecular weight excluding hydrogens is 164 g/mol. The van der Waals surface area contributed by atoms with Gasteiger partial charge in [0.25, 0.3) is 0 Å². The molecule has 0 saturated carbocycles. The molecule has 0 aromatic heterocycles. The highest BCUT2D eigenvalue weighted by molar-refractivity contribution is 5.57. The van der Waals surface area contributed by atoms with Gasteiger partial charge in [-0.05, 0) is 24.3 Å². The molecule has 1 aromatic carbocycles. The van der Waals surface area contributed by atoms with Gasteiger partial charge in [0.05, 0.1) is 19.7 Å². The molecule has 0 amide bonds. The van der Waals surface area contributed by atoms with Gasteiger partial charge in [-0.2, -0.15) is 5.26 Å². The molecule has 0 spiro atoms. The summed E-state index contributed by atoms with van der Waals surface area (Å²) < 4.78 is 5.04. The van der Waals surface area contributed by atoms with E-state index in [1.165, 1.54) is 0 Å². The van der Waals surface area contributed by atoms with Crippen LogP contribution in [0.3, 0.4) is 0 Å². The molecule has 1 aliphatic rings. The van der Waals surface area contributed by atoms with Gasteiger partial charge in [0.1, 0.15) is 11.8 Å². The first-order valence-electron chi connectivity index (χ1n) is 4.15. The number of nitrogens with zero attached hydrogens (tertiary/aromatic N) is 2. The summed E-state index contributed by atoms with van der Waals surface area (Å²) >= 11 is 0. The van der Waals surface area contributed by atoms with Crippen LogP contribution < -0.4 is 9.64 Å². The maximum atomic E-state index is 8.62. The Kier molecular flexibility index (Phi) is 1.82. The van der Waals surface area contributed by atoms with Crippen molar-refractivity contribution in [3.8, 4) is 11.8 Å². The summed E-state index contributed by atoms with van der Waals surface area (Å²) in [6, 6.07) is 10.0. The minimum atomic E-state index is 0.0772. The van der Waals surface area contributed by atoms with E-state index < -0.39 is 0 Å². The summed E-state index contributed by atoms with van der Waals surface area (Å²) in [5.74, 6) is 0.846. The van der Waals surface area contributed by atoms with Crippen molar-refractivity contribution in [1.29, 1.82) is 5.26 Å². The van der Waals surface area contributed by atoms with Crippen molar-refractivity contribution < 1.29 is 4.74 Å². The number of rotatable bonds is 2. The summed E-state index contributed by atoms with van der Waals surface area (Å²) in [5, 5.41) is 8.62. The minimum absolute atomic E-state index is 0.0772. The van der Waals surface area contributed by atoms with Crippen molar-refractivity contribution >= 4 is 5.69 Å². The molecule has 1 saturated heterocycles. The van der Waals surface area contributed by atoms with Crippen LogP contribution in [0.15, 0.2) is 24.3 Å². The summed E-state index contributed by atoms with van der Waals surface area (Å²) in [4.78, 5) is 2.04. The lowest BCUT2D eigenvalue weighted by Gasteiger charge is -2.03. The molecule has 0 N–H and O–H groups in total. The van der Waals surface area contributed by atoms with E-state index in [0.717, 1.165) is 18.0 Å². The zero-order chi connectivity index (χ0) is 9.26. The Hall–Kier alpha value is -1.69. The summed E-state index contributed by atoms with van der Waals surface area (Å²) in [5.41, 5.74) is 1.09. The van der Waals surface area contributed by atoms with Gasteiger partial charge < -0.3 is 9.64 Å². The van der Waals surface area contributed by atoms with Crippen LogP contribution in [0.4, 0.5) is 5.69 Å². The highest BCUT2D eigenvalue weighted by atomic mass is 16.5. The fourth-order valence-corrected chi connectivity index (χ4v) is 1.31. The highest BCUT2D eigenvalue weighted by Crippen LogP contribution is 2.28. The van der Waals surface area contributed by atoms with Crippen LogP contribution in [0.1, 0.15) is 0 Å². The van der Waals surface area contributed by atoms with Crippen LogP contribution in [-0.2, 0) is 0 Å². The molecular formula is C10H10N2O. The Morgan fingerprint density at radius 1 is 1.46 bits per heavy atom. The first-order valence-corrected chi connectivity index (χ1v) is 4.15. The van der Waals surface area contributed by atoms with E-state index >= 15 is 0 Å². The lowest BCUT2D eigenvalue weighted by molar-refractivity contribution is 0.415. The van der Waals surface area contributed by atoms with Gasteiger partial charge in [-0.25, -0.2) is 0 Å². The van der Waals surface area contributed by atoms with Crippen molar-refractivity contribution in [1.82, 2.24) is 0 Å². The van der Waals surface area contributed by atoms with Gasteiger partial charge in [-0.3, -0.25) is 0 Å². The van der Waals surface area contributed by atoms with Crippen molar-refractivity contribution in [3.05, 3.63) is 24.3 Å². The zero-order valence-electron chi connectivity index (χ0n) is 7.40. The van der Waals surface area contributed by atoms with Crippen LogP contribution in [0.25, 0.3) is 0 Å². The van der Waals surface area contributed by atoms with Gasteiger partial charge in [0, 0.05) is 5.69 Å². The molecule has 3 nitrogen and oxygen atoms in total. The van der Waals surface area contributed by atoms with Crippen molar-refractivity contribution in [2.24, 2.45) is 0 Å². The van der Waals surface area contributed by atoms with Gasteiger partial charge >= 0.3 is 0 Å². The number of anilines is 1. The van der Waals surface area contributed by atoms with E-state index in [4.69, 9.17) is 10.00 Å². The Morgan fingerprint density at radius 2 is 2.15 bits per heavy atom. The maximum Gasteiger partial charge on any atom is 0.134 e. The third kappa shape index (κ3) is 1.43. The molecule has 0 aliphatic carbocycles. The standard InChI is InChI=1S/C10H10N2O/c1-13-10-4-2-8(3-5-10)12-7-9(12)6-11/h2-5,9H,7H2,1H3/t9-,12?/m0/s1. The number of benzene rings is 1. The van der Waals surface area contributed by atoms with E-state index in [0.29, 0.717) is 0 Å². The number of nitriles is 1. The highest BCUT2D eigenvalue weighted by Gasteiger charge is 2.33. The van der Waals surface area contributed by atoms with Gasteiger partial charge in [0.15, 0.2) is 0 Å². The quantitative estimate of drug-likeness (QED) is 0.636. The predicted molar refractivity (Wildman–Crippen MR) is 49.7 cm³/mol. The second-order valence-electron chi connectivity index (χ2n) is 3.00. The first kappa shape index (κ1) is 7.93. The van der Waals surface area contributed by atoms with Crippen LogP contribution in [0.5, 0.6) is 5.75 Å². The summed E-state index contributed by atoms with van der Waals surface area (Å²) in [7, 11) is 1.64. The summed E-state index contributed by atoms with van der Waals surface area (Å²) in [6.45, 7) is 0.850. The van der Waals surface area contributed by atoms with Gasteiger partial charge in [-0.1, -0.05) is 0 Å². The van der Waals surface area contributed by atoms with Crippen LogP contribution in [0, 0.1) is 11.3 Å². The Bertz CT molecular complexity index is 339. The lowest BCUT2D eigenvalue weighted by atomic mass is 10.3. The molecule has 1 fully saturated rings. The van der Waals surface area contributed by atoms with Gasteiger partial charge in [-0.15, -0.1) is 0 Å². The van der Waals surface area contributed by atoms with E-state index in [9.17, 15) is 0 Å². The molecule has 2 rings (SSSR count). The fraction of sp³-hybridized carbons (Fsp3) is 0.300. The summed E-state index contributed by atoms with van der Waals surface area (Å²) in [6.07, 6.45) is 0. The smallest absolute Gasteiger partial charge is 0.134 e. The third-order valence-corrected chi connectivity index (χ3v) is 2.17. The molecule has 66 valence electrons. The molecule has 13 heavy (non-hydrogen) atoms. The monoisotopic (exact) mass is 174 g/mol. The van der Waals surface area contributed by atoms with Crippen molar-refractivity contribution in [3.63, 3.8) is 0 Å². The fourth-order valence-electron chi connectivity index (χ4n) is 1.31. The SMILES string of the molecule is COc1ccc(N2C[C@@H]2C#N)cc1. The number of hydrogen-bond donors (Lipinski definition) is 0. The van der Waals surface area contributed by atoms with Crippen molar-refractivity contribution in [2.75, 3.05) is 18.6 Å². The average molecular weight is 174 g/mol. The number of methoxy groups -OCH3 is 1. The van der Waals surface area contributed by atoms with Crippen LogP contribution >= 0.6 is 0 Å². The molecule has 1 aliphatic heterocycles. The van der Waals surface area contributed by atoms with Gasteiger partial charge in [0.2, 0.25) is 0 Å². The lowest BCUT2D eigenvalue weighted by Crippen LogP contribution is -1.95. The largest absolute Gasteiger partial charge is 0.497 e. The Labute approximate surface area is 77.2 Å². The van der Waals surface area contributed by atoms with E-state index in [1.807, 2.05) is 29.2 Å². The normalized spacial score (nSPS) is 19.4. The molecule has 3 heteroatoms. The zero-order valence-corrected chi connectivity index (χ0v) is 7.40. The first-order chi connectivity index (χ1) is 6.35. The Morgan fingerprint density at radius 3 is 2.62 bits per heavy atom. The molecule has 0 unspecified atom stereocenters. The van der Waals surface area contributed by atoms with E-state index in [2.05, 4.69) is 6.07 Å². The average Bonchev–Trinajstić information content (AvgIpc) is 2.97. The molecule has 1 atom stereocenters. The Balaban J connectivity index is 2.12. The number of hydrogen-bond acceptors (Lipinski definition) is 3. The number of ether oxygens (including phenoxy) is 1. The van der Waals surface area contributed by atoms with E-state index in [1.54, 1.807) is 7.11 Å². The van der Waals surface area contributed by atoms with Crippen LogP contribution in [-0.4, -0.2) is 19.7 Å². The molecule has 0 radical (unpaired) electrons. The predicted octanol–water partition coefficient (Wildman–Crippen LogP) is 1.41. The maximum absolute atomic E-state index is 8.62. The topological polar surface area (TPSA) is 36.0 Å². The second-order valence-corrected chi connectivity index (χ2v) is 3.00. The molecule has 1 heterocycles. The second kappa shape index (κ2) is 2.98. The van der Waals surface area contributed by atoms with E-state index in [-0.39, 0.29) is 6.04 Å². The third-order valence-electron chi connectivity index (χ3n) is 2.17. The minimum Gasteiger partial charge on any atom is -0.497 e. The molecule has 1 aromatic rings. The van der Waals surface area contributed by atoms with Crippen LogP contribution in [0.2, 0.25) is 0 Å².